The zero-order valence-corrected chi connectivity index (χ0v) is 28.7. The second-order valence-electron chi connectivity index (χ2n) is 11.8. The number of nitrogens with zero attached hydrogens (tertiary/aromatic N) is 1. The molecule has 1 atom stereocenters. The highest BCUT2D eigenvalue weighted by Gasteiger charge is 2.23. The Bertz CT molecular complexity index is 2030. The minimum atomic E-state index is -1.18. The smallest absolute Gasteiger partial charge is 0.332 e. The van der Waals surface area contributed by atoms with E-state index in [9.17, 15) is 34.2 Å². The molecule has 0 aromatic carbocycles. The number of aliphatic carboxylic acids is 3. The summed E-state index contributed by atoms with van der Waals surface area (Å²) >= 11 is 0. The van der Waals surface area contributed by atoms with Gasteiger partial charge in [-0.05, 0) is 93.0 Å². The lowest BCUT2D eigenvalue weighted by atomic mass is 10.0. The average Bonchev–Trinajstić information content (AvgIpc) is 3.70. The number of hydrogen-bond acceptors (Lipinski definition) is 6. The lowest BCUT2D eigenvalue weighted by molar-refractivity contribution is -0.146. The molecule has 2 aromatic heterocycles. The van der Waals surface area contributed by atoms with Crippen LogP contribution in [0.25, 0.3) is 18.2 Å². The van der Waals surface area contributed by atoms with Crippen LogP contribution in [0.1, 0.15) is 73.7 Å². The minimum absolute atomic E-state index is 0.0943. The van der Waals surface area contributed by atoms with Gasteiger partial charge in [0.25, 0.3) is 11.8 Å². The second kappa shape index (κ2) is 16.5. The topological polar surface area (TPSA) is 222 Å². The minimum Gasteiger partial charge on any atom is -0.481 e. The first-order valence-electron chi connectivity index (χ1n) is 15.8. The van der Waals surface area contributed by atoms with Gasteiger partial charge in [0, 0.05) is 51.6 Å². The molecular formula is C37H42N4O9. The molecule has 4 rings (SSSR count). The van der Waals surface area contributed by atoms with E-state index in [0.717, 1.165) is 22.3 Å². The number of H-pyrrole nitrogens is 2. The van der Waals surface area contributed by atoms with Crippen LogP contribution in [0.5, 0.6) is 0 Å². The number of rotatable bonds is 13. The highest BCUT2D eigenvalue weighted by molar-refractivity contribution is 6.31. The van der Waals surface area contributed by atoms with Gasteiger partial charge in [-0.15, -0.1) is 0 Å². The molecule has 1 unspecified atom stereocenters. The molecule has 0 bridgehead atoms. The highest BCUT2D eigenvalue weighted by atomic mass is 16.4. The second-order valence-corrected chi connectivity index (χ2v) is 11.8. The lowest BCUT2D eigenvalue weighted by Crippen LogP contribution is -2.17. The number of carboxylic acid groups (broad SMARTS) is 3. The van der Waals surface area contributed by atoms with Crippen LogP contribution in [0.3, 0.4) is 0 Å². The summed E-state index contributed by atoms with van der Waals surface area (Å²) in [5, 5.41) is 39.3. The number of carboxylic acids is 3. The Balaban J connectivity index is 0.000000872. The van der Waals surface area contributed by atoms with E-state index in [2.05, 4.69) is 33.4 Å². The summed E-state index contributed by atoms with van der Waals surface area (Å²) in [5.41, 5.74) is 7.97. The Morgan fingerprint density at radius 2 is 1.38 bits per heavy atom. The Labute approximate surface area is 288 Å². The van der Waals surface area contributed by atoms with Crippen molar-refractivity contribution in [1.29, 1.82) is 0 Å². The van der Waals surface area contributed by atoms with Crippen LogP contribution in [0.15, 0.2) is 58.3 Å². The first kappa shape index (κ1) is 38.6. The van der Waals surface area contributed by atoms with Gasteiger partial charge in [-0.2, -0.15) is 0 Å². The lowest BCUT2D eigenvalue weighted by Gasteiger charge is -2.02. The molecule has 50 heavy (non-hydrogen) atoms. The summed E-state index contributed by atoms with van der Waals surface area (Å²) in [6.07, 6.45) is 7.89. The van der Waals surface area contributed by atoms with Crippen molar-refractivity contribution in [3.63, 3.8) is 0 Å². The van der Waals surface area contributed by atoms with Gasteiger partial charge in [0.2, 0.25) is 0 Å². The van der Waals surface area contributed by atoms with Gasteiger partial charge >= 0.3 is 17.9 Å². The summed E-state index contributed by atoms with van der Waals surface area (Å²) in [4.78, 5) is 68.1. The molecule has 2 aromatic rings. The SMILES string of the molecule is C=CC1=C(C)C(C=c2[nH]/c(=C\c3[nH]c(/C=C4\NC(=O)C(C)=C4C=C)c(C)c3CCC(=O)O)c(CCC(=O)O)c2C)=NC1=O.CCC(O)C(=O)O. The molecule has 0 saturated heterocycles. The molecule has 4 heterocycles. The third-order valence-corrected chi connectivity index (χ3v) is 8.54. The number of amides is 2. The fourth-order valence-corrected chi connectivity index (χ4v) is 5.52. The highest BCUT2D eigenvalue weighted by Crippen LogP contribution is 2.27. The summed E-state index contributed by atoms with van der Waals surface area (Å²) < 4.78 is 0. The summed E-state index contributed by atoms with van der Waals surface area (Å²) in [5.74, 6) is -3.61. The standard InChI is InChI=1S/C33H34N4O6.C4H8O3/c1-7-20-19(6)32(42)37-27(20)14-25-18(5)23(10-12-31(40)41)29(35-25)15-28-22(9-11-30(38)39)17(4)24(34-28)13-26-16(3)21(8-2)33(43)36-26;1-2-3(5)4(6)7/h7-8,13-15,34-35H,1-2,9-12H2,3-6H3,(H,37,42)(H,38,39)(H,40,41);3,5H,2H2,1H3,(H,6,7)/b24-13?,27-14-,28-15-;. The number of aliphatic imine (C=N–C) groups is 1. The van der Waals surface area contributed by atoms with Crippen LogP contribution in [0.2, 0.25) is 0 Å². The van der Waals surface area contributed by atoms with Crippen molar-refractivity contribution in [3.05, 3.63) is 97.6 Å². The summed E-state index contributed by atoms with van der Waals surface area (Å²) in [6.45, 7) is 16.4. The molecule has 7 N–H and O–H groups in total. The molecule has 0 spiro atoms. The Morgan fingerprint density at radius 1 is 0.780 bits per heavy atom. The summed E-state index contributed by atoms with van der Waals surface area (Å²) in [6, 6.07) is 0. The molecular weight excluding hydrogens is 644 g/mol. The monoisotopic (exact) mass is 686 g/mol. The molecule has 264 valence electrons. The maximum Gasteiger partial charge on any atom is 0.332 e. The quantitative estimate of drug-likeness (QED) is 0.164. The fourth-order valence-electron chi connectivity index (χ4n) is 5.52. The number of aliphatic hydroxyl groups excluding tert-OH is 1. The number of aromatic amines is 2. The van der Waals surface area contributed by atoms with Crippen molar-refractivity contribution in [2.45, 2.75) is 72.8 Å². The molecule has 13 heteroatoms. The number of allylic oxidation sites excluding steroid dienone is 2. The third-order valence-electron chi connectivity index (χ3n) is 8.54. The van der Waals surface area contributed by atoms with Crippen LogP contribution < -0.4 is 16.0 Å². The van der Waals surface area contributed by atoms with Gasteiger partial charge in [-0.1, -0.05) is 32.2 Å². The number of carbonyl (C=O) groups is 5. The zero-order valence-electron chi connectivity index (χ0n) is 28.7. The van der Waals surface area contributed by atoms with Gasteiger partial charge in [-0.3, -0.25) is 19.2 Å². The number of nitrogens with one attached hydrogen (secondary N) is 3. The van der Waals surface area contributed by atoms with Gasteiger partial charge in [0.15, 0.2) is 6.10 Å². The number of carbonyl (C=O) groups excluding carboxylic acids is 2. The van der Waals surface area contributed by atoms with Crippen molar-refractivity contribution in [2.75, 3.05) is 0 Å². The predicted molar refractivity (Wildman–Crippen MR) is 189 cm³/mol. The average molecular weight is 687 g/mol. The van der Waals surface area contributed by atoms with Crippen LogP contribution in [0, 0.1) is 13.8 Å². The van der Waals surface area contributed by atoms with Crippen molar-refractivity contribution in [3.8, 4) is 0 Å². The molecule has 13 nitrogen and oxygen atoms in total. The first-order chi connectivity index (χ1) is 23.5. The number of aliphatic hydroxyl groups is 1. The van der Waals surface area contributed by atoms with Crippen molar-refractivity contribution in [1.82, 2.24) is 15.3 Å². The molecule has 0 saturated carbocycles. The van der Waals surface area contributed by atoms with E-state index in [1.54, 1.807) is 39.0 Å². The Morgan fingerprint density at radius 3 is 1.88 bits per heavy atom. The van der Waals surface area contributed by atoms with Crippen LogP contribution in [0.4, 0.5) is 0 Å². The Kier molecular flexibility index (Phi) is 12.8. The van der Waals surface area contributed by atoms with Gasteiger partial charge in [0.05, 0.1) is 11.4 Å². The molecule has 2 aliphatic heterocycles. The molecule has 0 aliphatic carbocycles. The van der Waals surface area contributed by atoms with E-state index in [4.69, 9.17) is 10.2 Å². The normalized spacial score (nSPS) is 16.4. The molecule has 0 radical (unpaired) electrons. The van der Waals surface area contributed by atoms with E-state index in [1.807, 2.05) is 19.9 Å². The summed E-state index contributed by atoms with van der Waals surface area (Å²) in [7, 11) is 0. The van der Waals surface area contributed by atoms with Gasteiger partial charge in [0.1, 0.15) is 0 Å². The van der Waals surface area contributed by atoms with E-state index < -0.39 is 24.0 Å². The van der Waals surface area contributed by atoms with E-state index in [-0.39, 0.29) is 43.9 Å². The third kappa shape index (κ3) is 8.80. The predicted octanol–water partition coefficient (Wildman–Crippen LogP) is 2.90. The van der Waals surface area contributed by atoms with E-state index in [1.165, 1.54) is 6.08 Å². The van der Waals surface area contributed by atoms with E-state index >= 15 is 0 Å². The Hall–Kier alpha value is -5.82. The van der Waals surface area contributed by atoms with Crippen LogP contribution in [-0.2, 0) is 36.8 Å². The van der Waals surface area contributed by atoms with Crippen molar-refractivity contribution >= 4 is 53.7 Å². The van der Waals surface area contributed by atoms with Crippen molar-refractivity contribution < 1.29 is 44.4 Å². The molecule has 0 fully saturated rings. The maximum absolute atomic E-state index is 12.3. The molecule has 2 amide bonds. The van der Waals surface area contributed by atoms with Crippen molar-refractivity contribution in [2.24, 2.45) is 4.99 Å². The van der Waals surface area contributed by atoms with Gasteiger partial charge in [-0.25, -0.2) is 9.79 Å². The van der Waals surface area contributed by atoms with Gasteiger partial charge < -0.3 is 35.7 Å². The van der Waals surface area contributed by atoms with Crippen LogP contribution in [-0.4, -0.2) is 71.9 Å². The number of hydrogen-bond donors (Lipinski definition) is 7. The first-order valence-corrected chi connectivity index (χ1v) is 15.8. The number of aromatic nitrogens is 2. The maximum atomic E-state index is 12.3. The zero-order chi connectivity index (χ0) is 37.4. The molecule has 2 aliphatic rings. The largest absolute Gasteiger partial charge is 0.481 e. The van der Waals surface area contributed by atoms with E-state index in [0.29, 0.717) is 55.8 Å². The fraction of sp³-hybridized carbons (Fsp3) is 0.297. The van der Waals surface area contributed by atoms with Crippen LogP contribution >= 0.6 is 0 Å².